The molecule has 0 amide bonds. The standard InChI is InChI=1S/C16H15NO2S/c18-16(19)14-13(10-5-6-10)17-15(20-14)12-8-7-9-3-1-2-4-11(9)12/h1-4,10,12H,5-8H2,(H,18,19). The van der Waals surface area contributed by atoms with Crippen LogP contribution in [0.25, 0.3) is 0 Å². The molecule has 0 aliphatic heterocycles. The summed E-state index contributed by atoms with van der Waals surface area (Å²) in [4.78, 5) is 16.6. The largest absolute Gasteiger partial charge is 0.477 e. The van der Waals surface area contributed by atoms with Crippen LogP contribution in [0.15, 0.2) is 24.3 Å². The molecule has 20 heavy (non-hydrogen) atoms. The predicted molar refractivity (Wildman–Crippen MR) is 77.7 cm³/mol. The Morgan fingerprint density at radius 3 is 2.80 bits per heavy atom. The SMILES string of the molecule is O=C(O)c1sc(C2CCc3ccccc32)nc1C1CC1. The minimum atomic E-state index is -0.818. The first-order valence-corrected chi connectivity index (χ1v) is 7.87. The Bertz CT molecular complexity index is 688. The van der Waals surface area contributed by atoms with Crippen molar-refractivity contribution in [1.29, 1.82) is 0 Å². The van der Waals surface area contributed by atoms with Crippen LogP contribution >= 0.6 is 11.3 Å². The van der Waals surface area contributed by atoms with Gasteiger partial charge in [-0.1, -0.05) is 24.3 Å². The summed E-state index contributed by atoms with van der Waals surface area (Å²) in [5.41, 5.74) is 3.56. The van der Waals surface area contributed by atoms with Crippen molar-refractivity contribution in [3.05, 3.63) is 51.0 Å². The highest BCUT2D eigenvalue weighted by atomic mass is 32.1. The van der Waals surface area contributed by atoms with Crippen LogP contribution in [0.3, 0.4) is 0 Å². The Balaban J connectivity index is 1.76. The number of carboxylic acid groups (broad SMARTS) is 1. The van der Waals surface area contributed by atoms with E-state index in [1.807, 2.05) is 0 Å². The molecule has 102 valence electrons. The van der Waals surface area contributed by atoms with E-state index >= 15 is 0 Å². The van der Waals surface area contributed by atoms with E-state index in [0.29, 0.717) is 16.7 Å². The quantitative estimate of drug-likeness (QED) is 0.933. The van der Waals surface area contributed by atoms with Crippen molar-refractivity contribution in [2.45, 2.75) is 37.5 Å². The maximum atomic E-state index is 11.4. The average molecular weight is 285 g/mol. The van der Waals surface area contributed by atoms with E-state index in [1.54, 1.807) is 0 Å². The van der Waals surface area contributed by atoms with E-state index in [-0.39, 0.29) is 0 Å². The van der Waals surface area contributed by atoms with E-state index in [2.05, 4.69) is 24.3 Å². The molecular formula is C16H15NO2S. The highest BCUT2D eigenvalue weighted by Gasteiger charge is 2.34. The normalized spacial score (nSPS) is 20.9. The lowest BCUT2D eigenvalue weighted by Crippen LogP contribution is -1.97. The van der Waals surface area contributed by atoms with Crippen molar-refractivity contribution in [2.24, 2.45) is 0 Å². The smallest absolute Gasteiger partial charge is 0.347 e. The number of carboxylic acids is 1. The molecule has 1 aromatic carbocycles. The molecule has 2 aliphatic rings. The van der Waals surface area contributed by atoms with Crippen molar-refractivity contribution in [2.75, 3.05) is 0 Å². The number of aromatic nitrogens is 1. The molecule has 3 nitrogen and oxygen atoms in total. The van der Waals surface area contributed by atoms with E-state index in [4.69, 9.17) is 4.98 Å². The van der Waals surface area contributed by atoms with Crippen molar-refractivity contribution >= 4 is 17.3 Å². The number of benzene rings is 1. The van der Waals surface area contributed by atoms with Crippen LogP contribution in [0.4, 0.5) is 0 Å². The summed E-state index contributed by atoms with van der Waals surface area (Å²) in [6, 6.07) is 8.46. The van der Waals surface area contributed by atoms with Gasteiger partial charge in [0.1, 0.15) is 9.88 Å². The van der Waals surface area contributed by atoms with Gasteiger partial charge in [-0.3, -0.25) is 0 Å². The van der Waals surface area contributed by atoms with Gasteiger partial charge >= 0.3 is 5.97 Å². The van der Waals surface area contributed by atoms with Crippen LogP contribution in [0, 0.1) is 0 Å². The number of carbonyl (C=O) groups is 1. The first-order valence-electron chi connectivity index (χ1n) is 7.05. The van der Waals surface area contributed by atoms with Gasteiger partial charge in [0.05, 0.1) is 5.69 Å². The summed E-state index contributed by atoms with van der Waals surface area (Å²) in [6.07, 6.45) is 4.30. The number of aryl methyl sites for hydroxylation is 1. The Morgan fingerprint density at radius 2 is 2.05 bits per heavy atom. The second kappa shape index (κ2) is 4.42. The zero-order chi connectivity index (χ0) is 13.7. The Hall–Kier alpha value is -1.68. The molecule has 1 N–H and O–H groups in total. The lowest BCUT2D eigenvalue weighted by molar-refractivity contribution is 0.0700. The van der Waals surface area contributed by atoms with Crippen LogP contribution in [0.1, 0.15) is 62.6 Å². The maximum absolute atomic E-state index is 11.4. The monoisotopic (exact) mass is 285 g/mol. The Morgan fingerprint density at radius 1 is 1.25 bits per heavy atom. The van der Waals surface area contributed by atoms with Crippen molar-refractivity contribution in [1.82, 2.24) is 4.98 Å². The van der Waals surface area contributed by atoms with Crippen LogP contribution in [-0.4, -0.2) is 16.1 Å². The van der Waals surface area contributed by atoms with E-state index in [1.165, 1.54) is 22.5 Å². The van der Waals surface area contributed by atoms with Crippen molar-refractivity contribution in [3.8, 4) is 0 Å². The molecule has 2 aliphatic carbocycles. The molecule has 0 radical (unpaired) electrons. The second-order valence-electron chi connectivity index (χ2n) is 5.64. The van der Waals surface area contributed by atoms with Gasteiger partial charge in [0.15, 0.2) is 0 Å². The summed E-state index contributed by atoms with van der Waals surface area (Å²) >= 11 is 1.39. The average Bonchev–Trinajstić information content (AvgIpc) is 3.05. The minimum Gasteiger partial charge on any atom is -0.477 e. The zero-order valence-corrected chi connectivity index (χ0v) is 11.8. The molecule has 1 atom stereocenters. The molecule has 1 heterocycles. The van der Waals surface area contributed by atoms with Crippen LogP contribution in [-0.2, 0) is 6.42 Å². The molecule has 2 aromatic rings. The Labute approximate surface area is 121 Å². The van der Waals surface area contributed by atoms with Gasteiger partial charge in [0, 0.05) is 11.8 Å². The minimum absolute atomic E-state index is 0.293. The van der Waals surface area contributed by atoms with E-state index in [9.17, 15) is 9.90 Å². The van der Waals surface area contributed by atoms with Gasteiger partial charge in [-0.25, -0.2) is 9.78 Å². The number of rotatable bonds is 3. The van der Waals surface area contributed by atoms with Crippen LogP contribution in [0.5, 0.6) is 0 Å². The molecule has 0 spiro atoms. The molecule has 1 unspecified atom stereocenters. The maximum Gasteiger partial charge on any atom is 0.347 e. The van der Waals surface area contributed by atoms with Crippen LogP contribution in [0.2, 0.25) is 0 Å². The van der Waals surface area contributed by atoms with Crippen molar-refractivity contribution in [3.63, 3.8) is 0 Å². The fraction of sp³-hybridized carbons (Fsp3) is 0.375. The van der Waals surface area contributed by atoms with Gasteiger partial charge in [-0.15, -0.1) is 11.3 Å². The molecule has 1 saturated carbocycles. The second-order valence-corrected chi connectivity index (χ2v) is 6.67. The fourth-order valence-corrected chi connectivity index (χ4v) is 4.24. The highest BCUT2D eigenvalue weighted by Crippen LogP contribution is 2.46. The van der Waals surface area contributed by atoms with E-state index < -0.39 is 5.97 Å². The summed E-state index contributed by atoms with van der Waals surface area (Å²) in [7, 11) is 0. The molecule has 0 saturated heterocycles. The van der Waals surface area contributed by atoms with E-state index in [0.717, 1.165) is 36.4 Å². The summed E-state index contributed by atoms with van der Waals surface area (Å²) in [5.74, 6) is -0.133. The number of fused-ring (bicyclic) bond motifs is 1. The highest BCUT2D eigenvalue weighted by molar-refractivity contribution is 7.13. The lowest BCUT2D eigenvalue weighted by atomic mass is 10.0. The number of nitrogens with zero attached hydrogens (tertiary/aromatic N) is 1. The van der Waals surface area contributed by atoms with Gasteiger partial charge in [-0.2, -0.15) is 0 Å². The molecule has 4 heteroatoms. The number of hydrogen-bond acceptors (Lipinski definition) is 3. The zero-order valence-electron chi connectivity index (χ0n) is 11.0. The summed E-state index contributed by atoms with van der Waals surface area (Å²) in [5, 5.41) is 10.4. The third-order valence-electron chi connectivity index (χ3n) is 4.26. The van der Waals surface area contributed by atoms with Crippen LogP contribution < -0.4 is 0 Å². The molecule has 0 bridgehead atoms. The third kappa shape index (κ3) is 1.86. The van der Waals surface area contributed by atoms with Gasteiger partial charge in [0.25, 0.3) is 0 Å². The topological polar surface area (TPSA) is 50.2 Å². The Kier molecular flexibility index (Phi) is 2.67. The molecule has 4 rings (SSSR count). The first-order chi connectivity index (χ1) is 9.74. The first kappa shape index (κ1) is 12.1. The third-order valence-corrected chi connectivity index (χ3v) is 5.43. The fourth-order valence-electron chi connectivity index (χ4n) is 3.10. The lowest BCUT2D eigenvalue weighted by Gasteiger charge is -2.07. The van der Waals surface area contributed by atoms with Crippen molar-refractivity contribution < 1.29 is 9.90 Å². The van der Waals surface area contributed by atoms with Gasteiger partial charge in [-0.05, 0) is 36.8 Å². The van der Waals surface area contributed by atoms with Gasteiger partial charge < -0.3 is 5.11 Å². The molecular weight excluding hydrogens is 270 g/mol. The molecule has 1 aromatic heterocycles. The number of thiazole rings is 1. The van der Waals surface area contributed by atoms with Gasteiger partial charge in [0.2, 0.25) is 0 Å². The summed E-state index contributed by atoms with van der Waals surface area (Å²) in [6.45, 7) is 0. The summed E-state index contributed by atoms with van der Waals surface area (Å²) < 4.78 is 0. The number of aromatic carboxylic acids is 1. The molecule has 1 fully saturated rings. The number of hydrogen-bond donors (Lipinski definition) is 1. The predicted octanol–water partition coefficient (Wildman–Crippen LogP) is 3.80.